The van der Waals surface area contributed by atoms with Crippen LogP contribution in [-0.2, 0) is 20.7 Å². The minimum atomic E-state index is -3.82. The summed E-state index contributed by atoms with van der Waals surface area (Å²) in [6.45, 7) is 1.94. The molecule has 1 aliphatic carbocycles. The Morgan fingerprint density at radius 1 is 1.07 bits per heavy atom. The van der Waals surface area contributed by atoms with Crippen LogP contribution in [-0.4, -0.2) is 15.5 Å². The van der Waals surface area contributed by atoms with E-state index in [-0.39, 0.29) is 11.0 Å². The Balaban J connectivity index is 1.74. The average molecular weight is 421 g/mol. The van der Waals surface area contributed by atoms with Crippen LogP contribution in [0.3, 0.4) is 0 Å². The lowest BCUT2D eigenvalue weighted by Crippen LogP contribution is -2.13. The molecule has 4 rings (SSSR count). The number of benzene rings is 2. The molecular formula is C22H25ClO4S. The van der Waals surface area contributed by atoms with Crippen LogP contribution in [0.4, 0.5) is 0 Å². The summed E-state index contributed by atoms with van der Waals surface area (Å²) in [7, 11) is -2.63. The molecule has 0 spiro atoms. The van der Waals surface area contributed by atoms with Gasteiger partial charge < -0.3 is 4.74 Å². The summed E-state index contributed by atoms with van der Waals surface area (Å²) in [6.07, 6.45) is 6.27. The Bertz CT molecular complexity index is 994. The van der Waals surface area contributed by atoms with Crippen LogP contribution >= 0.6 is 11.6 Å². The van der Waals surface area contributed by atoms with E-state index in [9.17, 15) is 8.42 Å². The summed E-state index contributed by atoms with van der Waals surface area (Å²) in [5.41, 5.74) is 3.85. The third-order valence-electron chi connectivity index (χ3n) is 5.87. The van der Waals surface area contributed by atoms with Crippen molar-refractivity contribution in [3.63, 3.8) is 0 Å². The minimum Gasteiger partial charge on any atom is -0.485 e. The normalized spacial score (nSPS) is 20.0. The van der Waals surface area contributed by atoms with Gasteiger partial charge in [-0.15, -0.1) is 0 Å². The zero-order valence-electron chi connectivity index (χ0n) is 16.2. The lowest BCUT2D eigenvalue weighted by atomic mass is 9.83. The first-order valence-corrected chi connectivity index (χ1v) is 11.6. The molecule has 1 fully saturated rings. The van der Waals surface area contributed by atoms with Crippen LogP contribution in [0.15, 0.2) is 35.2 Å². The van der Waals surface area contributed by atoms with Crippen molar-refractivity contribution in [2.24, 2.45) is 0 Å². The summed E-state index contributed by atoms with van der Waals surface area (Å²) in [5.74, 6) is 1.35. The molecule has 0 saturated heterocycles. The second-order valence-electron chi connectivity index (χ2n) is 7.79. The molecule has 2 aliphatic rings. The number of ether oxygens (including phenoxy) is 1. The van der Waals surface area contributed by atoms with Gasteiger partial charge in [0.2, 0.25) is 0 Å². The average Bonchev–Trinajstić information content (AvgIpc) is 3.11. The molecular weight excluding hydrogens is 396 g/mol. The molecule has 0 bridgehead atoms. The van der Waals surface area contributed by atoms with Gasteiger partial charge in [0, 0.05) is 17.0 Å². The van der Waals surface area contributed by atoms with Gasteiger partial charge in [-0.2, -0.15) is 8.42 Å². The number of hydrogen-bond donors (Lipinski definition) is 0. The highest BCUT2D eigenvalue weighted by Gasteiger charge is 2.33. The number of hydrogen-bond acceptors (Lipinski definition) is 4. The summed E-state index contributed by atoms with van der Waals surface area (Å²) < 4.78 is 36.0. The molecule has 1 saturated carbocycles. The van der Waals surface area contributed by atoms with Crippen molar-refractivity contribution in [3.05, 3.63) is 57.6 Å². The molecule has 0 N–H and O–H groups in total. The van der Waals surface area contributed by atoms with Crippen molar-refractivity contribution in [1.29, 1.82) is 0 Å². The molecule has 150 valence electrons. The highest BCUT2D eigenvalue weighted by molar-refractivity contribution is 7.86. The van der Waals surface area contributed by atoms with Crippen molar-refractivity contribution in [2.75, 3.05) is 7.11 Å². The largest absolute Gasteiger partial charge is 0.485 e. The molecule has 1 aliphatic heterocycles. The van der Waals surface area contributed by atoms with Gasteiger partial charge in [-0.3, -0.25) is 4.18 Å². The van der Waals surface area contributed by atoms with Gasteiger partial charge >= 0.3 is 0 Å². The van der Waals surface area contributed by atoms with Crippen LogP contribution in [0.1, 0.15) is 66.4 Å². The van der Waals surface area contributed by atoms with E-state index in [4.69, 9.17) is 20.5 Å². The van der Waals surface area contributed by atoms with E-state index in [0.717, 1.165) is 34.7 Å². The highest BCUT2D eigenvalue weighted by Crippen LogP contribution is 2.47. The second kappa shape index (κ2) is 7.69. The van der Waals surface area contributed by atoms with Crippen LogP contribution in [0, 0.1) is 6.92 Å². The third kappa shape index (κ3) is 3.68. The molecule has 0 radical (unpaired) electrons. The zero-order valence-corrected chi connectivity index (χ0v) is 17.8. The van der Waals surface area contributed by atoms with Crippen molar-refractivity contribution < 1.29 is 17.3 Å². The Labute approximate surface area is 171 Å². The maximum atomic E-state index is 12.4. The first-order chi connectivity index (χ1) is 13.4. The smallest absolute Gasteiger partial charge is 0.297 e. The molecule has 0 aromatic heterocycles. The Morgan fingerprint density at radius 2 is 1.82 bits per heavy atom. The third-order valence-corrected chi connectivity index (χ3v) is 7.44. The second-order valence-corrected chi connectivity index (χ2v) is 9.91. The monoisotopic (exact) mass is 420 g/mol. The van der Waals surface area contributed by atoms with Crippen LogP contribution in [0.2, 0.25) is 5.02 Å². The van der Waals surface area contributed by atoms with Crippen LogP contribution < -0.4 is 4.74 Å². The number of aryl methyl sites for hydroxylation is 1. The SMILES string of the molecule is COS(=O)(=O)c1ccc(C)cc1C1Cc2cc(Cl)cc(C3CCCCC3)c2O1. The van der Waals surface area contributed by atoms with Gasteiger partial charge in [0.25, 0.3) is 10.1 Å². The molecule has 4 nitrogen and oxygen atoms in total. The Kier molecular flexibility index (Phi) is 5.43. The topological polar surface area (TPSA) is 52.6 Å². The van der Waals surface area contributed by atoms with E-state index in [1.54, 1.807) is 12.1 Å². The van der Waals surface area contributed by atoms with Crippen LogP contribution in [0.25, 0.3) is 0 Å². The molecule has 28 heavy (non-hydrogen) atoms. The van der Waals surface area contributed by atoms with Gasteiger partial charge in [-0.25, -0.2) is 0 Å². The van der Waals surface area contributed by atoms with Crippen molar-refractivity contribution in [3.8, 4) is 5.75 Å². The molecule has 1 unspecified atom stereocenters. The van der Waals surface area contributed by atoms with Crippen molar-refractivity contribution in [2.45, 2.75) is 62.4 Å². The molecule has 6 heteroatoms. The maximum absolute atomic E-state index is 12.4. The van der Waals surface area contributed by atoms with Gasteiger partial charge in [-0.05, 0) is 55.0 Å². The number of fused-ring (bicyclic) bond motifs is 1. The lowest BCUT2D eigenvalue weighted by Gasteiger charge is -2.24. The molecule has 1 atom stereocenters. The van der Waals surface area contributed by atoms with E-state index < -0.39 is 10.1 Å². The minimum absolute atomic E-state index is 0.170. The van der Waals surface area contributed by atoms with Crippen molar-refractivity contribution in [1.82, 2.24) is 0 Å². The quantitative estimate of drug-likeness (QED) is 0.594. The maximum Gasteiger partial charge on any atom is 0.297 e. The highest BCUT2D eigenvalue weighted by atomic mass is 35.5. The van der Waals surface area contributed by atoms with Gasteiger partial charge in [-0.1, -0.05) is 48.6 Å². The molecule has 2 aromatic carbocycles. The first kappa shape index (κ1) is 19.7. The number of rotatable bonds is 4. The van der Waals surface area contributed by atoms with Crippen LogP contribution in [0.5, 0.6) is 5.75 Å². The predicted molar refractivity (Wildman–Crippen MR) is 110 cm³/mol. The zero-order chi connectivity index (χ0) is 19.9. The first-order valence-electron chi connectivity index (χ1n) is 9.79. The Hall–Kier alpha value is -1.56. The van der Waals surface area contributed by atoms with Crippen molar-refractivity contribution >= 4 is 21.7 Å². The summed E-state index contributed by atoms with van der Waals surface area (Å²) in [5, 5.41) is 0.720. The summed E-state index contributed by atoms with van der Waals surface area (Å²) in [6, 6.07) is 9.24. The standard InChI is InChI=1S/C22H25ClO4S/c1-14-8-9-21(28(24,25)26-2)19(10-14)20-12-16-11-17(23)13-18(22(16)27-20)15-6-4-3-5-7-15/h8-11,13,15,20H,3-7,12H2,1-2H3. The fourth-order valence-corrected chi connectivity index (χ4v) is 5.62. The van der Waals surface area contributed by atoms with E-state index >= 15 is 0 Å². The summed E-state index contributed by atoms with van der Waals surface area (Å²) >= 11 is 6.42. The lowest BCUT2D eigenvalue weighted by molar-refractivity contribution is 0.230. The fourth-order valence-electron chi connectivity index (χ4n) is 4.48. The molecule has 0 amide bonds. The molecule has 2 aromatic rings. The predicted octanol–water partition coefficient (Wildman–Crippen LogP) is 5.71. The number of halogens is 1. The Morgan fingerprint density at radius 3 is 2.54 bits per heavy atom. The summed E-state index contributed by atoms with van der Waals surface area (Å²) in [4.78, 5) is 0.170. The van der Waals surface area contributed by atoms with E-state index in [1.165, 1.54) is 31.9 Å². The van der Waals surface area contributed by atoms with E-state index in [1.807, 2.05) is 25.1 Å². The van der Waals surface area contributed by atoms with E-state index in [0.29, 0.717) is 17.9 Å². The molecule has 1 heterocycles. The van der Waals surface area contributed by atoms with Gasteiger partial charge in [0.05, 0.1) is 7.11 Å². The fraction of sp³-hybridized carbons (Fsp3) is 0.455. The van der Waals surface area contributed by atoms with Gasteiger partial charge in [0.1, 0.15) is 16.7 Å². The van der Waals surface area contributed by atoms with Gasteiger partial charge in [0.15, 0.2) is 0 Å². The van der Waals surface area contributed by atoms with E-state index in [2.05, 4.69) is 0 Å².